The van der Waals surface area contributed by atoms with Crippen LogP contribution in [0.3, 0.4) is 0 Å². The standard InChI is InChI=1S/C33H29ClN4O6S/c34-24-7-9-25(10-8-24)36-45(42,43)26-11-13-30(37-16-18-44-19-17-37)29(21-26)35-31(39)23-6-12-27-28(20-23)33(41)38(32(27)40)15-14-22-4-2-1-3-5-22/h1-13,20-21,36H,14-19H2,(H,35,39). The number of hydrogen-bond acceptors (Lipinski definition) is 7. The van der Waals surface area contributed by atoms with Crippen molar-refractivity contribution in [3.8, 4) is 0 Å². The van der Waals surface area contributed by atoms with Gasteiger partial charge in [0.2, 0.25) is 0 Å². The van der Waals surface area contributed by atoms with Gasteiger partial charge in [-0.1, -0.05) is 41.9 Å². The Hall–Kier alpha value is -4.71. The summed E-state index contributed by atoms with van der Waals surface area (Å²) in [6.07, 6.45) is 0.510. The number of halogens is 1. The molecule has 2 N–H and O–H groups in total. The summed E-state index contributed by atoms with van der Waals surface area (Å²) in [5.74, 6) is -1.43. The lowest BCUT2D eigenvalue weighted by atomic mass is 10.1. The fourth-order valence-corrected chi connectivity index (χ4v) is 6.52. The largest absolute Gasteiger partial charge is 0.378 e. The van der Waals surface area contributed by atoms with Gasteiger partial charge in [0.15, 0.2) is 0 Å². The van der Waals surface area contributed by atoms with E-state index in [2.05, 4.69) is 10.0 Å². The molecule has 3 amide bonds. The van der Waals surface area contributed by atoms with Gasteiger partial charge in [0.1, 0.15) is 0 Å². The lowest BCUT2D eigenvalue weighted by Gasteiger charge is -2.30. The van der Waals surface area contributed by atoms with E-state index in [4.69, 9.17) is 16.3 Å². The predicted molar refractivity (Wildman–Crippen MR) is 172 cm³/mol. The van der Waals surface area contributed by atoms with Crippen LogP contribution in [-0.4, -0.2) is 63.9 Å². The number of ether oxygens (including phenoxy) is 1. The Morgan fingerprint density at radius 3 is 2.29 bits per heavy atom. The van der Waals surface area contributed by atoms with Crippen molar-refractivity contribution >= 4 is 56.4 Å². The maximum absolute atomic E-state index is 13.6. The molecule has 2 heterocycles. The van der Waals surface area contributed by atoms with Crippen LogP contribution in [0.25, 0.3) is 0 Å². The van der Waals surface area contributed by atoms with Gasteiger partial charge in [0.05, 0.1) is 40.6 Å². The molecule has 12 heteroatoms. The Morgan fingerprint density at radius 1 is 0.844 bits per heavy atom. The monoisotopic (exact) mass is 644 g/mol. The SMILES string of the molecule is O=C(Nc1cc(S(=O)(=O)Nc2ccc(Cl)cc2)ccc1N1CCOCC1)c1ccc2c(c1)C(=O)N(CCc1ccccc1)C2=O. The van der Waals surface area contributed by atoms with Crippen molar-refractivity contribution in [2.75, 3.05) is 47.8 Å². The van der Waals surface area contributed by atoms with Crippen molar-refractivity contribution in [2.45, 2.75) is 11.3 Å². The van der Waals surface area contributed by atoms with E-state index in [1.807, 2.05) is 35.2 Å². The van der Waals surface area contributed by atoms with Crippen molar-refractivity contribution in [3.63, 3.8) is 0 Å². The molecule has 0 atom stereocenters. The summed E-state index contributed by atoms with van der Waals surface area (Å²) < 4.78 is 34.6. The molecule has 2 aliphatic heterocycles. The Morgan fingerprint density at radius 2 is 1.56 bits per heavy atom. The molecule has 0 saturated carbocycles. The van der Waals surface area contributed by atoms with Gasteiger partial charge in [0, 0.05) is 35.9 Å². The predicted octanol–water partition coefficient (Wildman–Crippen LogP) is 5.07. The first-order valence-corrected chi connectivity index (χ1v) is 16.2. The number of morpholine rings is 1. The van der Waals surface area contributed by atoms with E-state index < -0.39 is 27.7 Å². The Labute approximate surface area is 265 Å². The summed E-state index contributed by atoms with van der Waals surface area (Å²) in [5.41, 5.74) is 2.76. The molecule has 0 bridgehead atoms. The molecule has 45 heavy (non-hydrogen) atoms. The first-order valence-electron chi connectivity index (χ1n) is 14.3. The van der Waals surface area contributed by atoms with E-state index in [-0.39, 0.29) is 33.8 Å². The summed E-state index contributed by atoms with van der Waals surface area (Å²) in [5, 5.41) is 3.31. The second-order valence-corrected chi connectivity index (χ2v) is 12.7. The average Bonchev–Trinajstić information content (AvgIpc) is 3.29. The van der Waals surface area contributed by atoms with Crippen LogP contribution in [0.2, 0.25) is 5.02 Å². The molecule has 0 aliphatic carbocycles. The van der Waals surface area contributed by atoms with Crippen molar-refractivity contribution in [3.05, 3.63) is 118 Å². The summed E-state index contributed by atoms with van der Waals surface area (Å²) in [6.45, 7) is 2.27. The van der Waals surface area contributed by atoms with Crippen molar-refractivity contribution in [1.29, 1.82) is 0 Å². The number of sulfonamides is 1. The number of anilines is 3. The van der Waals surface area contributed by atoms with Crippen LogP contribution in [0.1, 0.15) is 36.6 Å². The van der Waals surface area contributed by atoms with Crippen LogP contribution in [0.4, 0.5) is 17.1 Å². The van der Waals surface area contributed by atoms with Crippen LogP contribution < -0.4 is 14.9 Å². The fourth-order valence-electron chi connectivity index (χ4n) is 5.31. The van der Waals surface area contributed by atoms with Crippen LogP contribution >= 0.6 is 11.6 Å². The Bertz CT molecular complexity index is 1880. The number of nitrogens with one attached hydrogen (secondary N) is 2. The van der Waals surface area contributed by atoms with E-state index >= 15 is 0 Å². The minimum absolute atomic E-state index is 0.0615. The van der Waals surface area contributed by atoms with E-state index in [9.17, 15) is 22.8 Å². The number of hydrogen-bond donors (Lipinski definition) is 2. The highest BCUT2D eigenvalue weighted by atomic mass is 35.5. The van der Waals surface area contributed by atoms with Crippen molar-refractivity contribution in [2.24, 2.45) is 0 Å². The number of rotatable bonds is 9. The molecule has 0 aromatic heterocycles. The molecule has 0 spiro atoms. The topological polar surface area (TPSA) is 125 Å². The maximum Gasteiger partial charge on any atom is 0.261 e. The molecule has 10 nitrogen and oxygen atoms in total. The quantitative estimate of drug-likeness (QED) is 0.244. The zero-order valence-electron chi connectivity index (χ0n) is 24.0. The van der Waals surface area contributed by atoms with Gasteiger partial charge in [0.25, 0.3) is 27.7 Å². The Kier molecular flexibility index (Phi) is 8.57. The molecule has 4 aromatic rings. The first kappa shape index (κ1) is 30.3. The molecule has 230 valence electrons. The molecule has 1 saturated heterocycles. The lowest BCUT2D eigenvalue weighted by molar-refractivity contribution is 0.0656. The van der Waals surface area contributed by atoms with E-state index in [1.165, 1.54) is 35.2 Å². The molecule has 2 aliphatic rings. The third-order valence-electron chi connectivity index (χ3n) is 7.67. The molecule has 1 fully saturated rings. The number of carbonyl (C=O) groups is 3. The van der Waals surface area contributed by atoms with Crippen molar-refractivity contribution in [1.82, 2.24) is 4.90 Å². The molecule has 6 rings (SSSR count). The van der Waals surface area contributed by atoms with Crippen LogP contribution in [0, 0.1) is 0 Å². The number of fused-ring (bicyclic) bond motifs is 1. The number of benzene rings is 4. The Balaban J connectivity index is 1.25. The molecular formula is C33H29ClN4O6S. The van der Waals surface area contributed by atoms with Gasteiger partial charge in [-0.15, -0.1) is 0 Å². The van der Waals surface area contributed by atoms with E-state index in [0.717, 1.165) is 5.56 Å². The highest BCUT2D eigenvalue weighted by molar-refractivity contribution is 7.92. The fraction of sp³-hybridized carbons (Fsp3) is 0.182. The number of nitrogens with zero attached hydrogens (tertiary/aromatic N) is 2. The normalized spacial score (nSPS) is 14.8. The first-order chi connectivity index (χ1) is 21.7. The third kappa shape index (κ3) is 6.56. The van der Waals surface area contributed by atoms with E-state index in [1.54, 1.807) is 30.3 Å². The van der Waals surface area contributed by atoms with Gasteiger partial charge < -0.3 is 15.0 Å². The van der Waals surface area contributed by atoms with Crippen LogP contribution in [0.5, 0.6) is 0 Å². The lowest BCUT2D eigenvalue weighted by Crippen LogP contribution is -2.36. The van der Waals surface area contributed by atoms with Crippen LogP contribution in [0.15, 0.2) is 95.9 Å². The average molecular weight is 645 g/mol. The number of imide groups is 1. The smallest absolute Gasteiger partial charge is 0.261 e. The summed E-state index contributed by atoms with van der Waals surface area (Å²) >= 11 is 5.93. The minimum Gasteiger partial charge on any atom is -0.378 e. The van der Waals surface area contributed by atoms with Crippen LogP contribution in [-0.2, 0) is 21.2 Å². The highest BCUT2D eigenvalue weighted by Gasteiger charge is 2.36. The zero-order valence-corrected chi connectivity index (χ0v) is 25.6. The van der Waals surface area contributed by atoms with E-state index in [0.29, 0.717) is 49.1 Å². The molecule has 4 aromatic carbocycles. The van der Waals surface area contributed by atoms with Crippen molar-refractivity contribution < 1.29 is 27.5 Å². The zero-order chi connectivity index (χ0) is 31.6. The second kappa shape index (κ2) is 12.7. The summed E-state index contributed by atoms with van der Waals surface area (Å²) in [7, 11) is -4.03. The number of carbonyl (C=O) groups excluding carboxylic acids is 3. The van der Waals surface area contributed by atoms with Gasteiger partial charge in [-0.05, 0) is 72.6 Å². The third-order valence-corrected chi connectivity index (χ3v) is 9.31. The maximum atomic E-state index is 13.6. The highest BCUT2D eigenvalue weighted by Crippen LogP contribution is 2.32. The molecular weight excluding hydrogens is 616 g/mol. The summed E-state index contributed by atoms with van der Waals surface area (Å²) in [4.78, 5) is 42.9. The van der Waals surface area contributed by atoms with Gasteiger partial charge in [-0.3, -0.25) is 24.0 Å². The number of amides is 3. The second-order valence-electron chi connectivity index (χ2n) is 10.6. The summed E-state index contributed by atoms with van der Waals surface area (Å²) in [6, 6.07) is 24.7. The molecule has 0 unspecified atom stereocenters. The van der Waals surface area contributed by atoms with Gasteiger partial charge >= 0.3 is 0 Å². The molecule has 0 radical (unpaired) electrons. The van der Waals surface area contributed by atoms with Gasteiger partial charge in [-0.2, -0.15) is 0 Å². The minimum atomic E-state index is -4.03. The van der Waals surface area contributed by atoms with Gasteiger partial charge in [-0.25, -0.2) is 8.42 Å².